The molecule has 1 atom stereocenters. The Morgan fingerprint density at radius 3 is 2.08 bits per heavy atom. The maximum atomic E-state index is 5.87. The number of rotatable bonds is 2. The average molecular weight is 300 g/mol. The molecule has 0 aliphatic carbocycles. The van der Waals surface area contributed by atoms with Crippen molar-refractivity contribution in [3.8, 4) is 0 Å². The number of allylic oxidation sites excluding steroid dienone is 1. The van der Waals surface area contributed by atoms with Crippen molar-refractivity contribution in [1.29, 1.82) is 0 Å². The highest BCUT2D eigenvalue weighted by atomic mass is 79.9. The summed E-state index contributed by atoms with van der Waals surface area (Å²) in [4.78, 5) is -0.139. The summed E-state index contributed by atoms with van der Waals surface area (Å²) in [5, 5.41) is 0.398. The summed E-state index contributed by atoms with van der Waals surface area (Å²) in [5.41, 5.74) is 1.02. The van der Waals surface area contributed by atoms with Crippen molar-refractivity contribution in [2.45, 2.75) is 4.83 Å². The van der Waals surface area contributed by atoms with E-state index < -0.39 is 0 Å². The fourth-order valence-electron chi connectivity index (χ4n) is 0.864. The van der Waals surface area contributed by atoms with Crippen LogP contribution < -0.4 is 0 Å². The van der Waals surface area contributed by atoms with Gasteiger partial charge < -0.3 is 0 Å². The largest absolute Gasteiger partial charge is 0.122 e. The van der Waals surface area contributed by atoms with Crippen LogP contribution in [-0.4, -0.2) is 0 Å². The Labute approximate surface area is 101 Å². The van der Waals surface area contributed by atoms with Gasteiger partial charge in [0.2, 0.25) is 0 Å². The summed E-state index contributed by atoms with van der Waals surface area (Å²) >= 11 is 20.4. The van der Waals surface area contributed by atoms with Gasteiger partial charge in [0.1, 0.15) is 4.49 Å². The van der Waals surface area contributed by atoms with Crippen molar-refractivity contribution in [1.82, 2.24) is 0 Å². The molecule has 0 nitrogen and oxygen atoms in total. The molecule has 70 valence electrons. The third-order valence-electron chi connectivity index (χ3n) is 1.50. The van der Waals surface area contributed by atoms with E-state index in [0.717, 1.165) is 5.56 Å². The van der Waals surface area contributed by atoms with Crippen LogP contribution >= 0.6 is 50.7 Å². The monoisotopic (exact) mass is 298 g/mol. The Morgan fingerprint density at radius 1 is 1.08 bits per heavy atom. The van der Waals surface area contributed by atoms with Crippen molar-refractivity contribution in [3.05, 3.63) is 45.4 Å². The second kappa shape index (κ2) is 5.26. The fourth-order valence-corrected chi connectivity index (χ4v) is 2.01. The van der Waals surface area contributed by atoms with E-state index in [1.54, 1.807) is 0 Å². The average Bonchev–Trinajstić information content (AvgIpc) is 2.17. The van der Waals surface area contributed by atoms with Gasteiger partial charge in [0.05, 0.1) is 9.86 Å². The van der Waals surface area contributed by atoms with Gasteiger partial charge >= 0.3 is 0 Å². The molecule has 4 heteroatoms. The molecule has 0 N–H and O–H groups in total. The molecule has 1 aromatic carbocycles. The van der Waals surface area contributed by atoms with E-state index in [4.69, 9.17) is 34.8 Å². The summed E-state index contributed by atoms with van der Waals surface area (Å²) in [6, 6.07) is 9.67. The van der Waals surface area contributed by atoms with Crippen LogP contribution in [0.1, 0.15) is 10.4 Å². The number of halogens is 4. The molecule has 0 aromatic heterocycles. The molecule has 1 unspecified atom stereocenters. The van der Waals surface area contributed by atoms with Crippen LogP contribution in [-0.2, 0) is 0 Å². The Hall–Kier alpha value is 0.310. The maximum absolute atomic E-state index is 5.87. The van der Waals surface area contributed by atoms with Gasteiger partial charge in [0.25, 0.3) is 0 Å². The molecule has 13 heavy (non-hydrogen) atoms. The molecular weight excluding hydrogens is 294 g/mol. The zero-order chi connectivity index (χ0) is 9.84. The predicted molar refractivity (Wildman–Crippen MR) is 62.7 cm³/mol. The van der Waals surface area contributed by atoms with E-state index in [0.29, 0.717) is 5.03 Å². The Balaban J connectivity index is 2.93. The van der Waals surface area contributed by atoms with E-state index in [1.807, 2.05) is 30.3 Å². The van der Waals surface area contributed by atoms with Crippen molar-refractivity contribution in [2.75, 3.05) is 0 Å². The highest BCUT2D eigenvalue weighted by molar-refractivity contribution is 9.09. The molecule has 0 aliphatic heterocycles. The maximum Gasteiger partial charge on any atom is 0.122 e. The number of hydrogen-bond donors (Lipinski definition) is 0. The Morgan fingerprint density at radius 2 is 1.62 bits per heavy atom. The lowest BCUT2D eigenvalue weighted by atomic mass is 10.1. The van der Waals surface area contributed by atoms with Crippen LogP contribution in [0, 0.1) is 0 Å². The van der Waals surface area contributed by atoms with Crippen molar-refractivity contribution >= 4 is 50.7 Å². The van der Waals surface area contributed by atoms with Gasteiger partial charge in [-0.3, -0.25) is 0 Å². The minimum absolute atomic E-state index is 0.0902. The molecular formula is C9H6BrCl3. The second-order valence-corrected chi connectivity index (χ2v) is 4.65. The topological polar surface area (TPSA) is 0 Å². The van der Waals surface area contributed by atoms with Crippen LogP contribution in [0.15, 0.2) is 39.9 Å². The van der Waals surface area contributed by atoms with Crippen molar-refractivity contribution in [3.63, 3.8) is 0 Å². The van der Waals surface area contributed by atoms with Crippen LogP contribution in [0.4, 0.5) is 0 Å². The first-order valence-corrected chi connectivity index (χ1v) is 5.57. The lowest BCUT2D eigenvalue weighted by Gasteiger charge is -2.08. The lowest BCUT2D eigenvalue weighted by Crippen LogP contribution is -1.89. The lowest BCUT2D eigenvalue weighted by molar-refractivity contribution is 1.23. The van der Waals surface area contributed by atoms with Crippen LogP contribution in [0.2, 0.25) is 0 Å². The van der Waals surface area contributed by atoms with Gasteiger partial charge in [0, 0.05) is 0 Å². The van der Waals surface area contributed by atoms with Gasteiger partial charge in [0.15, 0.2) is 0 Å². The molecule has 0 heterocycles. The summed E-state index contributed by atoms with van der Waals surface area (Å²) in [7, 11) is 0. The molecule has 0 fully saturated rings. The third-order valence-corrected chi connectivity index (χ3v) is 3.75. The van der Waals surface area contributed by atoms with E-state index in [-0.39, 0.29) is 9.32 Å². The van der Waals surface area contributed by atoms with E-state index in [2.05, 4.69) is 15.9 Å². The molecule has 0 amide bonds. The van der Waals surface area contributed by atoms with Gasteiger partial charge in [-0.25, -0.2) is 0 Å². The first-order valence-electron chi connectivity index (χ1n) is 3.52. The molecule has 0 saturated carbocycles. The quantitative estimate of drug-likeness (QED) is 0.674. The van der Waals surface area contributed by atoms with Crippen LogP contribution in [0.3, 0.4) is 0 Å². The Kier molecular flexibility index (Phi) is 4.60. The molecule has 0 bridgehead atoms. The van der Waals surface area contributed by atoms with Crippen LogP contribution in [0.25, 0.3) is 0 Å². The van der Waals surface area contributed by atoms with Gasteiger partial charge in [-0.2, -0.15) is 0 Å². The molecule has 0 aliphatic rings. The highest BCUT2D eigenvalue weighted by Crippen LogP contribution is 2.37. The van der Waals surface area contributed by atoms with Gasteiger partial charge in [-0.15, -0.1) is 0 Å². The predicted octanol–water partition coefficient (Wildman–Crippen LogP) is 5.01. The first kappa shape index (κ1) is 11.4. The van der Waals surface area contributed by atoms with Gasteiger partial charge in [-0.1, -0.05) is 81.1 Å². The standard InChI is InChI=1S/C9H6BrCl3/c10-7(8(11)9(12)13)6-4-2-1-3-5-6/h1-5,7H. The minimum atomic E-state index is -0.139. The SMILES string of the molecule is ClC(Cl)=C(Cl)C(Br)c1ccccc1. The number of benzene rings is 1. The van der Waals surface area contributed by atoms with Crippen LogP contribution in [0.5, 0.6) is 0 Å². The van der Waals surface area contributed by atoms with E-state index >= 15 is 0 Å². The first-order chi connectivity index (χ1) is 6.13. The van der Waals surface area contributed by atoms with Gasteiger partial charge in [-0.05, 0) is 5.56 Å². The smallest absolute Gasteiger partial charge is 0.0849 e. The minimum Gasteiger partial charge on any atom is -0.0849 e. The normalized spacial score (nSPS) is 12.3. The summed E-state index contributed by atoms with van der Waals surface area (Å²) in [6.07, 6.45) is 0. The second-order valence-electron chi connectivity index (χ2n) is 2.38. The third kappa shape index (κ3) is 3.17. The molecule has 0 radical (unpaired) electrons. The summed E-state index contributed by atoms with van der Waals surface area (Å²) < 4.78 is 0.0902. The highest BCUT2D eigenvalue weighted by Gasteiger charge is 2.13. The van der Waals surface area contributed by atoms with E-state index in [1.165, 1.54) is 0 Å². The number of hydrogen-bond acceptors (Lipinski definition) is 0. The molecule has 1 rings (SSSR count). The van der Waals surface area contributed by atoms with Crippen molar-refractivity contribution in [2.24, 2.45) is 0 Å². The van der Waals surface area contributed by atoms with E-state index in [9.17, 15) is 0 Å². The summed E-state index contributed by atoms with van der Waals surface area (Å²) in [5.74, 6) is 0. The molecule has 0 saturated heterocycles. The molecule has 1 aromatic rings. The zero-order valence-corrected chi connectivity index (χ0v) is 10.3. The van der Waals surface area contributed by atoms with Crippen molar-refractivity contribution < 1.29 is 0 Å². The Bertz CT molecular complexity index is 304. The molecule has 0 spiro atoms. The number of alkyl halides is 1. The fraction of sp³-hybridized carbons (Fsp3) is 0.111. The summed E-state index contributed by atoms with van der Waals surface area (Å²) in [6.45, 7) is 0. The zero-order valence-electron chi connectivity index (χ0n) is 6.48.